The van der Waals surface area contributed by atoms with Gasteiger partial charge in [-0.05, 0) is 43.0 Å². The van der Waals surface area contributed by atoms with E-state index in [1.165, 1.54) is 0 Å². The molecule has 0 aliphatic carbocycles. The van der Waals surface area contributed by atoms with E-state index in [0.717, 1.165) is 5.56 Å². The van der Waals surface area contributed by atoms with Crippen molar-refractivity contribution in [1.29, 1.82) is 0 Å². The van der Waals surface area contributed by atoms with E-state index in [1.54, 1.807) is 26.0 Å². The van der Waals surface area contributed by atoms with Crippen LogP contribution in [0.3, 0.4) is 0 Å². The molecule has 0 aliphatic rings. The second-order valence-corrected chi connectivity index (χ2v) is 5.80. The van der Waals surface area contributed by atoms with Crippen molar-refractivity contribution in [3.8, 4) is 5.75 Å². The van der Waals surface area contributed by atoms with E-state index >= 15 is 0 Å². The number of carbonyl (C=O) groups excluding carboxylic acids is 1. The van der Waals surface area contributed by atoms with Gasteiger partial charge in [-0.15, -0.1) is 0 Å². The molecular weight excluding hydrogens is 254 g/mol. The van der Waals surface area contributed by atoms with Crippen LogP contribution in [0, 0.1) is 0 Å². The predicted octanol–water partition coefficient (Wildman–Crippen LogP) is 3.24. The summed E-state index contributed by atoms with van der Waals surface area (Å²) in [5, 5.41) is 10.0. The third-order valence-electron chi connectivity index (χ3n) is 3.00. The van der Waals surface area contributed by atoms with Crippen LogP contribution in [-0.2, 0) is 14.9 Å². The van der Waals surface area contributed by atoms with Gasteiger partial charge in [0, 0.05) is 11.1 Å². The van der Waals surface area contributed by atoms with Crippen LogP contribution in [0.5, 0.6) is 5.75 Å². The number of nitrogens with two attached hydrogens (primary N) is 1. The molecule has 20 heavy (non-hydrogen) atoms. The molecule has 0 spiro atoms. The van der Waals surface area contributed by atoms with Crippen LogP contribution in [-0.4, -0.2) is 17.7 Å². The van der Waals surface area contributed by atoms with Gasteiger partial charge in [0.25, 0.3) is 0 Å². The molecule has 0 saturated carbocycles. The lowest BCUT2D eigenvalue weighted by atomic mass is 9.85. The molecule has 0 atom stereocenters. The lowest BCUT2D eigenvalue weighted by Gasteiger charge is -2.21. The number of nitrogen functional groups attached to an aromatic ring is 1. The van der Waals surface area contributed by atoms with Crippen molar-refractivity contribution in [2.75, 3.05) is 12.3 Å². The number of rotatable bonds is 3. The fourth-order valence-corrected chi connectivity index (χ4v) is 1.76. The topological polar surface area (TPSA) is 72.5 Å². The minimum atomic E-state index is -0.397. The van der Waals surface area contributed by atoms with Crippen molar-refractivity contribution in [3.63, 3.8) is 0 Å². The van der Waals surface area contributed by atoms with E-state index in [2.05, 4.69) is 20.8 Å². The van der Waals surface area contributed by atoms with Crippen molar-refractivity contribution in [2.45, 2.75) is 40.0 Å². The first-order chi connectivity index (χ1) is 9.16. The monoisotopic (exact) mass is 277 g/mol. The second-order valence-electron chi connectivity index (χ2n) is 5.80. The van der Waals surface area contributed by atoms with Crippen LogP contribution >= 0.6 is 0 Å². The van der Waals surface area contributed by atoms with Crippen molar-refractivity contribution < 1.29 is 14.6 Å². The summed E-state index contributed by atoms with van der Waals surface area (Å²) in [6, 6.07) is 3.60. The van der Waals surface area contributed by atoms with Gasteiger partial charge >= 0.3 is 5.97 Å². The van der Waals surface area contributed by atoms with Crippen LogP contribution < -0.4 is 5.73 Å². The summed E-state index contributed by atoms with van der Waals surface area (Å²) in [5.74, 6) is -0.409. The molecule has 0 radical (unpaired) electrons. The van der Waals surface area contributed by atoms with E-state index < -0.39 is 5.97 Å². The van der Waals surface area contributed by atoms with Crippen LogP contribution in [0.2, 0.25) is 0 Å². The van der Waals surface area contributed by atoms with Crippen LogP contribution in [0.4, 0.5) is 5.69 Å². The maximum absolute atomic E-state index is 11.6. The summed E-state index contributed by atoms with van der Waals surface area (Å²) in [7, 11) is 0. The first-order valence-electron chi connectivity index (χ1n) is 6.65. The molecule has 0 heterocycles. The van der Waals surface area contributed by atoms with Crippen molar-refractivity contribution >= 4 is 17.7 Å². The van der Waals surface area contributed by atoms with E-state index in [9.17, 15) is 9.90 Å². The number of aromatic hydroxyl groups is 1. The van der Waals surface area contributed by atoms with E-state index in [-0.39, 0.29) is 11.2 Å². The Kier molecular flexibility index (Phi) is 4.82. The highest BCUT2D eigenvalue weighted by atomic mass is 16.5. The Hall–Kier alpha value is -1.97. The van der Waals surface area contributed by atoms with Gasteiger partial charge in [-0.2, -0.15) is 0 Å². The number of esters is 1. The smallest absolute Gasteiger partial charge is 0.333 e. The third-order valence-corrected chi connectivity index (χ3v) is 3.00. The number of anilines is 1. The Morgan fingerprint density at radius 3 is 2.50 bits per heavy atom. The highest BCUT2D eigenvalue weighted by molar-refractivity contribution is 5.93. The fourth-order valence-electron chi connectivity index (χ4n) is 1.76. The maximum Gasteiger partial charge on any atom is 0.333 e. The molecule has 1 rings (SSSR count). The van der Waals surface area contributed by atoms with Crippen LogP contribution in [0.1, 0.15) is 45.7 Å². The molecule has 0 aliphatic heterocycles. The number of phenolic OH excluding ortho intramolecular Hbond substituents is 1. The number of hydrogen-bond donors (Lipinski definition) is 2. The standard InChI is InChI=1S/C16H23NO3/c1-6-20-15(19)10(2)7-11-8-12(16(3,4)5)9-13(17)14(11)18/h7-9,18H,6,17H2,1-5H3/b10-7+. The molecule has 110 valence electrons. The molecule has 0 fully saturated rings. The minimum Gasteiger partial charge on any atom is -0.505 e. The number of carbonyl (C=O) groups is 1. The second kappa shape index (κ2) is 5.99. The Balaban J connectivity index is 3.28. The number of hydrogen-bond acceptors (Lipinski definition) is 4. The SMILES string of the molecule is CCOC(=O)/C(C)=C/c1cc(C(C)(C)C)cc(N)c1O. The Morgan fingerprint density at radius 2 is 2.00 bits per heavy atom. The molecule has 4 nitrogen and oxygen atoms in total. The summed E-state index contributed by atoms with van der Waals surface area (Å²) in [6.45, 7) is 9.90. The average molecular weight is 277 g/mol. The van der Waals surface area contributed by atoms with Gasteiger partial charge in [0.2, 0.25) is 0 Å². The zero-order valence-corrected chi connectivity index (χ0v) is 12.8. The highest BCUT2D eigenvalue weighted by Gasteiger charge is 2.17. The molecule has 4 heteroatoms. The van der Waals surface area contributed by atoms with Gasteiger partial charge in [-0.3, -0.25) is 0 Å². The van der Waals surface area contributed by atoms with Crippen LogP contribution in [0.25, 0.3) is 6.08 Å². The molecule has 1 aromatic carbocycles. The summed E-state index contributed by atoms with van der Waals surface area (Å²) in [5.41, 5.74) is 7.99. The van der Waals surface area contributed by atoms with Crippen molar-refractivity contribution in [2.24, 2.45) is 0 Å². The zero-order chi connectivity index (χ0) is 15.5. The Labute approximate surface area is 120 Å². The number of phenols is 1. The molecule has 0 bridgehead atoms. The lowest BCUT2D eigenvalue weighted by molar-refractivity contribution is -0.138. The summed E-state index contributed by atoms with van der Waals surface area (Å²) in [4.78, 5) is 11.6. The number of benzene rings is 1. The zero-order valence-electron chi connectivity index (χ0n) is 12.8. The first kappa shape index (κ1) is 16.1. The average Bonchev–Trinajstić information content (AvgIpc) is 2.33. The molecule has 0 aromatic heterocycles. The van der Waals surface area contributed by atoms with E-state index in [1.807, 2.05) is 6.07 Å². The molecule has 1 aromatic rings. The molecule has 0 saturated heterocycles. The summed E-state index contributed by atoms with van der Waals surface area (Å²) < 4.78 is 4.92. The van der Waals surface area contributed by atoms with Crippen molar-refractivity contribution in [1.82, 2.24) is 0 Å². The van der Waals surface area contributed by atoms with Gasteiger partial charge < -0.3 is 15.6 Å². The van der Waals surface area contributed by atoms with Crippen LogP contribution in [0.15, 0.2) is 17.7 Å². The van der Waals surface area contributed by atoms with E-state index in [0.29, 0.717) is 23.4 Å². The quantitative estimate of drug-likeness (QED) is 0.385. The van der Waals surface area contributed by atoms with E-state index in [4.69, 9.17) is 10.5 Å². The molecule has 0 unspecified atom stereocenters. The molecular formula is C16H23NO3. The maximum atomic E-state index is 11.6. The third kappa shape index (κ3) is 3.76. The van der Waals surface area contributed by atoms with Gasteiger partial charge in [-0.1, -0.05) is 20.8 Å². The van der Waals surface area contributed by atoms with Gasteiger partial charge in [-0.25, -0.2) is 4.79 Å². The normalized spacial score (nSPS) is 12.3. The van der Waals surface area contributed by atoms with Gasteiger partial charge in [0.05, 0.1) is 12.3 Å². The van der Waals surface area contributed by atoms with Gasteiger partial charge in [0.15, 0.2) is 0 Å². The minimum absolute atomic E-state index is 0.0124. The lowest BCUT2D eigenvalue weighted by Crippen LogP contribution is -2.12. The van der Waals surface area contributed by atoms with Crippen molar-refractivity contribution in [3.05, 3.63) is 28.8 Å². The fraction of sp³-hybridized carbons (Fsp3) is 0.438. The Morgan fingerprint density at radius 1 is 1.40 bits per heavy atom. The Bertz CT molecular complexity index is 539. The highest BCUT2D eigenvalue weighted by Crippen LogP contribution is 2.33. The largest absolute Gasteiger partial charge is 0.505 e. The molecule has 3 N–H and O–H groups in total. The predicted molar refractivity (Wildman–Crippen MR) is 81.5 cm³/mol. The first-order valence-corrected chi connectivity index (χ1v) is 6.65. The summed E-state index contributed by atoms with van der Waals surface area (Å²) >= 11 is 0. The molecule has 0 amide bonds. The number of ether oxygens (including phenoxy) is 1. The summed E-state index contributed by atoms with van der Waals surface area (Å²) in [6.07, 6.45) is 1.60. The van der Waals surface area contributed by atoms with Gasteiger partial charge in [0.1, 0.15) is 5.75 Å².